The lowest BCUT2D eigenvalue weighted by atomic mass is 9.91. The molecular weight excluding hydrogens is 314 g/mol. The summed E-state index contributed by atoms with van der Waals surface area (Å²) in [4.78, 5) is 14.5. The fraction of sp³-hybridized carbons (Fsp3) is 0.938. The van der Waals surface area contributed by atoms with E-state index in [0.717, 1.165) is 19.3 Å². The quantitative estimate of drug-likeness (QED) is 0.211. The number of carbonyl (C=O) groups excluding carboxylic acids is 1. The summed E-state index contributed by atoms with van der Waals surface area (Å²) in [5.74, 6) is -0.854. The normalized spacial score (nSPS) is 32.0. The Balaban J connectivity index is 2.01. The first-order valence-corrected chi connectivity index (χ1v) is 8.50. The molecule has 2 rings (SSSR count). The van der Waals surface area contributed by atoms with Crippen LogP contribution in [-0.2, 0) is 23.7 Å². The summed E-state index contributed by atoms with van der Waals surface area (Å²) < 4.78 is 22.4. The number of unbranched alkanes of at least 4 members (excludes halogenated alkanes) is 1. The number of hydrogen-bond acceptors (Lipinski definition) is 6. The Labute approximate surface area is 142 Å². The molecule has 8 nitrogen and oxygen atoms in total. The number of methoxy groups -OCH3 is 1. The molecule has 0 bridgehead atoms. The van der Waals surface area contributed by atoms with Gasteiger partial charge in [-0.1, -0.05) is 24.9 Å². The van der Waals surface area contributed by atoms with Gasteiger partial charge in [0.2, 0.25) is 0 Å². The van der Waals surface area contributed by atoms with Gasteiger partial charge < -0.3 is 18.9 Å². The highest BCUT2D eigenvalue weighted by Gasteiger charge is 2.57. The van der Waals surface area contributed by atoms with Crippen molar-refractivity contribution >= 4 is 5.97 Å². The molecule has 0 spiro atoms. The molecule has 0 aromatic carbocycles. The zero-order chi connectivity index (χ0) is 17.7. The molecule has 2 unspecified atom stereocenters. The minimum absolute atomic E-state index is 0.0493. The van der Waals surface area contributed by atoms with Crippen LogP contribution in [0.25, 0.3) is 10.4 Å². The van der Waals surface area contributed by atoms with Gasteiger partial charge >= 0.3 is 5.97 Å². The van der Waals surface area contributed by atoms with E-state index in [9.17, 15) is 4.79 Å². The van der Waals surface area contributed by atoms with E-state index in [1.165, 1.54) is 7.11 Å². The first kappa shape index (κ1) is 19.0. The molecule has 0 aliphatic carbocycles. The Kier molecular flexibility index (Phi) is 6.46. The lowest BCUT2D eigenvalue weighted by Gasteiger charge is -2.17. The van der Waals surface area contributed by atoms with Crippen LogP contribution in [0.5, 0.6) is 0 Å². The first-order chi connectivity index (χ1) is 11.4. The van der Waals surface area contributed by atoms with Crippen molar-refractivity contribution in [3.05, 3.63) is 10.4 Å². The van der Waals surface area contributed by atoms with Crippen LogP contribution >= 0.6 is 0 Å². The SMILES string of the molecule is CCCC[C@@H](CC(=O)OC)[C@H]1OC1[C@@H]1OC(C)(C)OC1CN=[N+]=[N-]. The summed E-state index contributed by atoms with van der Waals surface area (Å²) in [5.41, 5.74) is 8.54. The average Bonchev–Trinajstić information content (AvgIpc) is 3.27. The minimum atomic E-state index is -0.738. The molecule has 24 heavy (non-hydrogen) atoms. The summed E-state index contributed by atoms with van der Waals surface area (Å²) in [6, 6.07) is 0. The Bertz CT molecular complexity index is 492. The van der Waals surface area contributed by atoms with Crippen LogP contribution in [0.15, 0.2) is 5.11 Å². The zero-order valence-electron chi connectivity index (χ0n) is 14.8. The Morgan fingerprint density at radius 3 is 2.75 bits per heavy atom. The minimum Gasteiger partial charge on any atom is -0.469 e. The Morgan fingerprint density at radius 1 is 1.38 bits per heavy atom. The van der Waals surface area contributed by atoms with Gasteiger partial charge in [0.05, 0.1) is 32.3 Å². The number of nitrogens with zero attached hydrogens (tertiary/aromatic N) is 3. The van der Waals surface area contributed by atoms with E-state index in [2.05, 4.69) is 16.9 Å². The molecule has 0 saturated carbocycles. The van der Waals surface area contributed by atoms with Gasteiger partial charge in [-0.2, -0.15) is 0 Å². The van der Waals surface area contributed by atoms with Crippen molar-refractivity contribution in [2.45, 2.75) is 76.7 Å². The molecule has 0 N–H and O–H groups in total. The Morgan fingerprint density at radius 2 is 2.12 bits per heavy atom. The van der Waals surface area contributed by atoms with Gasteiger partial charge in [0, 0.05) is 4.91 Å². The van der Waals surface area contributed by atoms with Gasteiger partial charge in [0.15, 0.2) is 5.79 Å². The molecule has 5 atom stereocenters. The maximum atomic E-state index is 11.7. The fourth-order valence-corrected chi connectivity index (χ4v) is 3.33. The van der Waals surface area contributed by atoms with Gasteiger partial charge in [0.1, 0.15) is 12.2 Å². The van der Waals surface area contributed by atoms with Crippen LogP contribution in [0.2, 0.25) is 0 Å². The number of hydrogen-bond donors (Lipinski definition) is 0. The van der Waals surface area contributed by atoms with E-state index in [1.54, 1.807) is 0 Å². The van der Waals surface area contributed by atoms with Crippen LogP contribution in [0.4, 0.5) is 0 Å². The summed E-state index contributed by atoms with van der Waals surface area (Å²) in [7, 11) is 1.40. The highest BCUT2D eigenvalue weighted by molar-refractivity contribution is 5.69. The number of epoxide rings is 1. The van der Waals surface area contributed by atoms with Crippen molar-refractivity contribution in [3.8, 4) is 0 Å². The third kappa shape index (κ3) is 4.83. The van der Waals surface area contributed by atoms with E-state index in [4.69, 9.17) is 24.5 Å². The van der Waals surface area contributed by atoms with Crippen LogP contribution in [0, 0.1) is 5.92 Å². The van der Waals surface area contributed by atoms with E-state index >= 15 is 0 Å². The third-order valence-corrected chi connectivity index (χ3v) is 4.48. The van der Waals surface area contributed by atoms with E-state index in [1.807, 2.05) is 13.8 Å². The van der Waals surface area contributed by atoms with Crippen molar-refractivity contribution in [2.75, 3.05) is 13.7 Å². The van der Waals surface area contributed by atoms with Gasteiger partial charge in [-0.05, 0) is 31.7 Å². The van der Waals surface area contributed by atoms with Crippen LogP contribution < -0.4 is 0 Å². The van der Waals surface area contributed by atoms with Crippen LogP contribution in [0.1, 0.15) is 46.5 Å². The number of esters is 1. The molecule has 8 heteroatoms. The highest BCUT2D eigenvalue weighted by atomic mass is 16.8. The molecule has 0 aromatic rings. The summed E-state index contributed by atoms with van der Waals surface area (Å²) >= 11 is 0. The maximum Gasteiger partial charge on any atom is 0.305 e. The largest absolute Gasteiger partial charge is 0.469 e. The first-order valence-electron chi connectivity index (χ1n) is 8.50. The molecule has 2 fully saturated rings. The second-order valence-corrected chi connectivity index (χ2v) is 6.80. The fourth-order valence-electron chi connectivity index (χ4n) is 3.33. The maximum absolute atomic E-state index is 11.7. The standard InChI is InChI=1S/C16H27N3O5/c1-5-6-7-10(8-12(20)21-4)13-15(22-13)14-11(9-18-19-17)23-16(2,3)24-14/h10-11,13-15H,5-9H2,1-4H3/t10-,11?,13+,14+,15?/m0/s1. The third-order valence-electron chi connectivity index (χ3n) is 4.48. The number of rotatable bonds is 9. The molecule has 0 aromatic heterocycles. The van der Waals surface area contributed by atoms with Gasteiger partial charge in [-0.25, -0.2) is 0 Å². The summed E-state index contributed by atoms with van der Waals surface area (Å²) in [6.07, 6.45) is 2.52. The average molecular weight is 341 g/mol. The van der Waals surface area contributed by atoms with Crippen LogP contribution in [-0.4, -0.2) is 49.8 Å². The van der Waals surface area contributed by atoms with E-state index in [-0.39, 0.29) is 42.8 Å². The molecule has 2 heterocycles. The second kappa shape index (κ2) is 8.16. The van der Waals surface area contributed by atoms with Gasteiger partial charge in [-0.15, -0.1) is 0 Å². The molecule has 2 aliphatic rings. The van der Waals surface area contributed by atoms with Crippen molar-refractivity contribution in [3.63, 3.8) is 0 Å². The van der Waals surface area contributed by atoms with E-state index in [0.29, 0.717) is 6.42 Å². The van der Waals surface area contributed by atoms with Crippen LogP contribution in [0.3, 0.4) is 0 Å². The summed E-state index contributed by atoms with van der Waals surface area (Å²) in [6.45, 7) is 5.98. The number of azide groups is 1. The van der Waals surface area contributed by atoms with Gasteiger partial charge in [-0.3, -0.25) is 4.79 Å². The molecule has 2 saturated heterocycles. The lowest BCUT2D eigenvalue weighted by molar-refractivity contribution is -0.147. The summed E-state index contributed by atoms with van der Waals surface area (Å²) in [5, 5.41) is 3.61. The molecule has 0 radical (unpaired) electrons. The molecule has 2 aliphatic heterocycles. The predicted molar refractivity (Wildman–Crippen MR) is 86.1 cm³/mol. The lowest BCUT2D eigenvalue weighted by Crippen LogP contribution is -2.33. The van der Waals surface area contributed by atoms with Crippen molar-refractivity contribution in [2.24, 2.45) is 11.0 Å². The zero-order valence-corrected chi connectivity index (χ0v) is 14.8. The topological polar surface area (TPSA) is 106 Å². The number of ether oxygens (including phenoxy) is 4. The highest BCUT2D eigenvalue weighted by Crippen LogP contribution is 2.43. The van der Waals surface area contributed by atoms with Gasteiger partial charge in [0.25, 0.3) is 0 Å². The van der Waals surface area contributed by atoms with Crippen molar-refractivity contribution in [1.82, 2.24) is 0 Å². The predicted octanol–water partition coefficient (Wildman–Crippen LogP) is 2.95. The van der Waals surface area contributed by atoms with E-state index < -0.39 is 5.79 Å². The smallest absolute Gasteiger partial charge is 0.305 e. The Hall–Kier alpha value is -1.34. The monoisotopic (exact) mass is 341 g/mol. The molecular formula is C16H27N3O5. The number of carbonyl (C=O) groups is 1. The molecule has 136 valence electrons. The van der Waals surface area contributed by atoms with Crippen molar-refractivity contribution in [1.29, 1.82) is 0 Å². The molecule has 0 amide bonds. The second-order valence-electron chi connectivity index (χ2n) is 6.80. The van der Waals surface area contributed by atoms with Crippen molar-refractivity contribution < 1.29 is 23.7 Å².